The molecule has 0 aromatic rings. The highest BCUT2D eigenvalue weighted by atomic mass is 16.5. The first kappa shape index (κ1) is 11.3. The van der Waals surface area contributed by atoms with E-state index < -0.39 is 0 Å². The maximum Gasteiger partial charge on any atom is 0.0701 e. The molecule has 4 atom stereocenters. The summed E-state index contributed by atoms with van der Waals surface area (Å²) in [5.41, 5.74) is 0. The van der Waals surface area contributed by atoms with Crippen LogP contribution in [0.25, 0.3) is 0 Å². The second-order valence-corrected chi connectivity index (χ2v) is 4.43. The van der Waals surface area contributed by atoms with E-state index in [2.05, 4.69) is 0 Å². The highest BCUT2D eigenvalue weighted by Crippen LogP contribution is 2.47. The Hall–Kier alpha value is -0.160. The molecule has 2 aliphatic rings. The molecule has 0 saturated heterocycles. The summed E-state index contributed by atoms with van der Waals surface area (Å²) in [5.74, 6) is 1.08. The summed E-state index contributed by atoms with van der Waals surface area (Å²) in [6, 6.07) is 0. The molecule has 88 valence electrons. The molecule has 0 aliphatic heterocycles. The van der Waals surface area contributed by atoms with Gasteiger partial charge in [0.05, 0.1) is 38.6 Å². The molecule has 2 N–H and O–H groups in total. The third kappa shape index (κ3) is 2.33. The van der Waals surface area contributed by atoms with Crippen molar-refractivity contribution >= 4 is 0 Å². The molecule has 0 aromatic carbocycles. The van der Waals surface area contributed by atoms with E-state index >= 15 is 0 Å². The minimum absolute atomic E-state index is 0.0933. The van der Waals surface area contributed by atoms with Crippen molar-refractivity contribution in [2.24, 2.45) is 11.8 Å². The largest absolute Gasteiger partial charge is 0.394 e. The molecule has 0 radical (unpaired) electrons. The Labute approximate surface area is 90.2 Å². The average Bonchev–Trinajstić information content (AvgIpc) is 2.80. The molecule has 0 spiro atoms. The van der Waals surface area contributed by atoms with Gasteiger partial charge in [0.2, 0.25) is 0 Å². The second kappa shape index (κ2) is 5.25. The van der Waals surface area contributed by atoms with Gasteiger partial charge in [0.25, 0.3) is 0 Å². The smallest absolute Gasteiger partial charge is 0.0701 e. The lowest BCUT2D eigenvalue weighted by Gasteiger charge is -2.22. The maximum absolute atomic E-state index is 8.74. The zero-order valence-electron chi connectivity index (χ0n) is 8.97. The van der Waals surface area contributed by atoms with Gasteiger partial charge in [-0.05, 0) is 25.2 Å². The van der Waals surface area contributed by atoms with Gasteiger partial charge in [0.1, 0.15) is 0 Å². The maximum atomic E-state index is 8.74. The van der Waals surface area contributed by atoms with Crippen LogP contribution < -0.4 is 0 Å². The Morgan fingerprint density at radius 2 is 1.73 bits per heavy atom. The summed E-state index contributed by atoms with van der Waals surface area (Å²) in [5, 5.41) is 17.5. The molecule has 0 aromatic heterocycles. The van der Waals surface area contributed by atoms with Crippen molar-refractivity contribution in [2.45, 2.75) is 31.5 Å². The fourth-order valence-corrected chi connectivity index (χ4v) is 3.05. The number of hydrogen-bond donors (Lipinski definition) is 2. The van der Waals surface area contributed by atoms with Crippen LogP contribution in [0.2, 0.25) is 0 Å². The van der Waals surface area contributed by atoms with Crippen molar-refractivity contribution in [1.29, 1.82) is 0 Å². The molecule has 15 heavy (non-hydrogen) atoms. The minimum atomic E-state index is 0.0933. The van der Waals surface area contributed by atoms with Gasteiger partial charge in [0.15, 0.2) is 0 Å². The molecule has 2 fully saturated rings. The Morgan fingerprint density at radius 1 is 1.00 bits per heavy atom. The summed E-state index contributed by atoms with van der Waals surface area (Å²) in [7, 11) is 0. The average molecular weight is 216 g/mol. The summed E-state index contributed by atoms with van der Waals surface area (Å²) in [6.45, 7) is 1.05. The van der Waals surface area contributed by atoms with Gasteiger partial charge in [0, 0.05) is 5.92 Å². The van der Waals surface area contributed by atoms with Crippen molar-refractivity contribution in [3.63, 3.8) is 0 Å². The zero-order valence-corrected chi connectivity index (χ0v) is 8.97. The Balaban J connectivity index is 1.82. The van der Waals surface area contributed by atoms with Gasteiger partial charge in [-0.15, -0.1) is 0 Å². The lowest BCUT2D eigenvalue weighted by Crippen LogP contribution is -2.26. The molecular formula is C11H20O4. The van der Waals surface area contributed by atoms with Crippen molar-refractivity contribution in [2.75, 3.05) is 26.4 Å². The quantitative estimate of drug-likeness (QED) is 0.664. The van der Waals surface area contributed by atoms with Gasteiger partial charge in [-0.1, -0.05) is 0 Å². The lowest BCUT2D eigenvalue weighted by atomic mass is 9.98. The summed E-state index contributed by atoms with van der Waals surface area (Å²) in [6.07, 6.45) is 3.98. The number of aliphatic hydroxyl groups excluding tert-OH is 2. The third-order valence-electron chi connectivity index (χ3n) is 3.59. The first-order valence-electron chi connectivity index (χ1n) is 5.81. The number of fused-ring (bicyclic) bond motifs is 2. The normalized spacial score (nSPS) is 38.8. The number of rotatable bonds is 6. The molecule has 2 saturated carbocycles. The van der Waals surface area contributed by atoms with Crippen LogP contribution in [0.4, 0.5) is 0 Å². The Kier molecular flexibility index (Phi) is 3.97. The third-order valence-corrected chi connectivity index (χ3v) is 3.59. The SMILES string of the molecule is OCCOC1CC2CCC1C2OCCO. The van der Waals surface area contributed by atoms with E-state index in [1.165, 1.54) is 6.42 Å². The number of aliphatic hydroxyl groups is 2. The molecule has 4 nitrogen and oxygen atoms in total. The monoisotopic (exact) mass is 216 g/mol. The van der Waals surface area contributed by atoms with Gasteiger partial charge < -0.3 is 19.7 Å². The highest BCUT2D eigenvalue weighted by Gasteiger charge is 2.49. The molecule has 4 unspecified atom stereocenters. The van der Waals surface area contributed by atoms with E-state index in [0.717, 1.165) is 12.8 Å². The molecule has 2 bridgehead atoms. The first-order chi connectivity index (χ1) is 7.36. The van der Waals surface area contributed by atoms with Gasteiger partial charge in [-0.3, -0.25) is 0 Å². The first-order valence-corrected chi connectivity index (χ1v) is 5.81. The van der Waals surface area contributed by atoms with Crippen molar-refractivity contribution in [1.82, 2.24) is 0 Å². The van der Waals surface area contributed by atoms with Crippen molar-refractivity contribution in [3.05, 3.63) is 0 Å². The molecule has 0 heterocycles. The molecule has 2 aliphatic carbocycles. The molecule has 0 amide bonds. The summed E-state index contributed by atoms with van der Waals surface area (Å²) >= 11 is 0. The topological polar surface area (TPSA) is 58.9 Å². The standard InChI is InChI=1S/C11H20O4/c12-3-5-14-10-7-8-1-2-9(10)11(8)15-6-4-13/h8-13H,1-7H2. The molecular weight excluding hydrogens is 196 g/mol. The van der Waals surface area contributed by atoms with E-state index in [1.807, 2.05) is 0 Å². The van der Waals surface area contributed by atoms with E-state index in [1.54, 1.807) is 0 Å². The van der Waals surface area contributed by atoms with E-state index in [4.69, 9.17) is 19.7 Å². The second-order valence-electron chi connectivity index (χ2n) is 4.43. The van der Waals surface area contributed by atoms with Crippen LogP contribution in [-0.2, 0) is 9.47 Å². The fraction of sp³-hybridized carbons (Fsp3) is 1.00. The predicted octanol–water partition coefficient (Wildman–Crippen LogP) is 0.171. The molecule has 2 rings (SSSR count). The van der Waals surface area contributed by atoms with E-state index in [9.17, 15) is 0 Å². The number of ether oxygens (including phenoxy) is 2. The Morgan fingerprint density at radius 3 is 2.47 bits per heavy atom. The van der Waals surface area contributed by atoms with Crippen molar-refractivity contribution in [3.8, 4) is 0 Å². The summed E-state index contributed by atoms with van der Waals surface area (Å²) in [4.78, 5) is 0. The van der Waals surface area contributed by atoms with E-state index in [-0.39, 0.29) is 25.4 Å². The van der Waals surface area contributed by atoms with Gasteiger partial charge in [-0.25, -0.2) is 0 Å². The fourth-order valence-electron chi connectivity index (χ4n) is 3.05. The van der Waals surface area contributed by atoms with Gasteiger partial charge >= 0.3 is 0 Å². The van der Waals surface area contributed by atoms with Crippen LogP contribution in [0.1, 0.15) is 19.3 Å². The molecule has 4 heteroatoms. The van der Waals surface area contributed by atoms with Crippen LogP contribution in [-0.4, -0.2) is 48.8 Å². The number of hydrogen-bond acceptors (Lipinski definition) is 4. The summed E-state index contributed by atoms with van der Waals surface area (Å²) < 4.78 is 11.3. The highest BCUT2D eigenvalue weighted by molar-refractivity contribution is 4.99. The van der Waals surface area contributed by atoms with Crippen LogP contribution in [0.5, 0.6) is 0 Å². The van der Waals surface area contributed by atoms with Crippen LogP contribution >= 0.6 is 0 Å². The van der Waals surface area contributed by atoms with Crippen LogP contribution in [0, 0.1) is 11.8 Å². The van der Waals surface area contributed by atoms with E-state index in [0.29, 0.717) is 25.0 Å². The zero-order chi connectivity index (χ0) is 10.7. The predicted molar refractivity (Wildman–Crippen MR) is 54.5 cm³/mol. The van der Waals surface area contributed by atoms with Gasteiger partial charge in [-0.2, -0.15) is 0 Å². The van der Waals surface area contributed by atoms with Crippen LogP contribution in [0.15, 0.2) is 0 Å². The lowest BCUT2D eigenvalue weighted by molar-refractivity contribution is -0.0346. The Bertz CT molecular complexity index is 197. The van der Waals surface area contributed by atoms with Crippen molar-refractivity contribution < 1.29 is 19.7 Å². The van der Waals surface area contributed by atoms with Crippen LogP contribution in [0.3, 0.4) is 0 Å². The minimum Gasteiger partial charge on any atom is -0.394 e.